The normalized spacial score (nSPS) is 11.0. The second kappa shape index (κ2) is 4.42. The van der Waals surface area contributed by atoms with Crippen LogP contribution in [0.2, 0.25) is 0 Å². The van der Waals surface area contributed by atoms with E-state index in [0.29, 0.717) is 23.8 Å². The second-order valence-electron chi connectivity index (χ2n) is 4.03. The lowest BCUT2D eigenvalue weighted by molar-refractivity contribution is 0.365. The molecule has 6 heteroatoms. The van der Waals surface area contributed by atoms with Crippen molar-refractivity contribution in [3.8, 4) is 17.2 Å². The molecule has 0 amide bonds. The predicted octanol–water partition coefficient (Wildman–Crippen LogP) is 1.09. The van der Waals surface area contributed by atoms with Gasteiger partial charge in [-0.3, -0.25) is 0 Å². The van der Waals surface area contributed by atoms with Gasteiger partial charge < -0.3 is 20.3 Å². The second-order valence-corrected chi connectivity index (χ2v) is 4.03. The summed E-state index contributed by atoms with van der Waals surface area (Å²) in [5.74, 6) is 1.05. The van der Waals surface area contributed by atoms with Crippen LogP contribution in [-0.2, 0) is 6.54 Å². The number of rotatable bonds is 3. The van der Waals surface area contributed by atoms with Gasteiger partial charge >= 0.3 is 0 Å². The molecule has 1 heterocycles. The molecule has 17 heavy (non-hydrogen) atoms. The molecule has 1 aromatic heterocycles. The molecule has 0 aliphatic rings. The van der Waals surface area contributed by atoms with E-state index in [1.807, 2.05) is 19.0 Å². The first-order valence-corrected chi connectivity index (χ1v) is 5.12. The fourth-order valence-electron chi connectivity index (χ4n) is 1.41. The molecule has 0 radical (unpaired) electrons. The van der Waals surface area contributed by atoms with Crippen LogP contribution in [0.4, 0.5) is 5.69 Å². The Labute approximate surface area is 98.7 Å². The van der Waals surface area contributed by atoms with Gasteiger partial charge in [-0.2, -0.15) is 4.98 Å². The van der Waals surface area contributed by atoms with Crippen molar-refractivity contribution in [2.45, 2.75) is 6.54 Å². The summed E-state index contributed by atoms with van der Waals surface area (Å²) < 4.78 is 5.12. The Morgan fingerprint density at radius 2 is 2.18 bits per heavy atom. The molecule has 2 aromatic rings. The zero-order valence-electron chi connectivity index (χ0n) is 9.71. The molecule has 0 aliphatic carbocycles. The van der Waals surface area contributed by atoms with Crippen molar-refractivity contribution in [3.63, 3.8) is 0 Å². The lowest BCUT2D eigenvalue weighted by Gasteiger charge is -2.03. The SMILES string of the molecule is CN(C)Cc1noc(-c2ccc(O)c(N)c2)n1. The fraction of sp³-hybridized carbons (Fsp3) is 0.273. The van der Waals surface area contributed by atoms with Crippen LogP contribution in [0.15, 0.2) is 22.7 Å². The van der Waals surface area contributed by atoms with Crippen molar-refractivity contribution >= 4 is 5.69 Å². The maximum Gasteiger partial charge on any atom is 0.258 e. The van der Waals surface area contributed by atoms with E-state index in [1.165, 1.54) is 6.07 Å². The number of aromatic nitrogens is 2. The molecular formula is C11H14N4O2. The lowest BCUT2D eigenvalue weighted by atomic mass is 10.2. The minimum absolute atomic E-state index is 0.0433. The van der Waals surface area contributed by atoms with Gasteiger partial charge in [0.25, 0.3) is 5.89 Å². The highest BCUT2D eigenvalue weighted by molar-refractivity contribution is 5.64. The zero-order valence-corrected chi connectivity index (χ0v) is 9.71. The van der Waals surface area contributed by atoms with Gasteiger partial charge in [-0.25, -0.2) is 0 Å². The minimum Gasteiger partial charge on any atom is -0.506 e. The molecule has 0 bridgehead atoms. The maximum atomic E-state index is 9.32. The third-order valence-corrected chi connectivity index (χ3v) is 2.20. The average molecular weight is 234 g/mol. The zero-order chi connectivity index (χ0) is 12.4. The number of anilines is 1. The minimum atomic E-state index is 0.0433. The number of nitrogen functional groups attached to an aromatic ring is 1. The van der Waals surface area contributed by atoms with Crippen molar-refractivity contribution in [2.75, 3.05) is 19.8 Å². The molecule has 0 spiro atoms. The molecule has 0 atom stereocenters. The van der Waals surface area contributed by atoms with Crippen LogP contribution in [0.3, 0.4) is 0 Å². The molecular weight excluding hydrogens is 220 g/mol. The number of nitrogens with two attached hydrogens (primary N) is 1. The highest BCUT2D eigenvalue weighted by Gasteiger charge is 2.10. The maximum absolute atomic E-state index is 9.32. The number of phenols is 1. The van der Waals surface area contributed by atoms with Gasteiger partial charge in [0.2, 0.25) is 0 Å². The Morgan fingerprint density at radius 1 is 1.41 bits per heavy atom. The number of aromatic hydroxyl groups is 1. The first-order chi connectivity index (χ1) is 8.06. The molecule has 0 unspecified atom stereocenters. The molecule has 1 aromatic carbocycles. The Kier molecular flexibility index (Phi) is 2.97. The largest absolute Gasteiger partial charge is 0.506 e. The average Bonchev–Trinajstić information content (AvgIpc) is 2.69. The summed E-state index contributed by atoms with van der Waals surface area (Å²) in [6, 6.07) is 4.78. The summed E-state index contributed by atoms with van der Waals surface area (Å²) in [5.41, 5.74) is 6.58. The summed E-state index contributed by atoms with van der Waals surface area (Å²) in [4.78, 5) is 6.18. The van der Waals surface area contributed by atoms with E-state index in [4.69, 9.17) is 10.3 Å². The lowest BCUT2D eigenvalue weighted by Crippen LogP contribution is -2.11. The van der Waals surface area contributed by atoms with Crippen molar-refractivity contribution < 1.29 is 9.63 Å². The van der Waals surface area contributed by atoms with Gasteiger partial charge in [-0.15, -0.1) is 0 Å². The predicted molar refractivity (Wildman–Crippen MR) is 63.2 cm³/mol. The van der Waals surface area contributed by atoms with Gasteiger partial charge in [0.15, 0.2) is 5.82 Å². The Balaban J connectivity index is 2.27. The smallest absolute Gasteiger partial charge is 0.258 e. The molecule has 0 aliphatic heterocycles. The van der Waals surface area contributed by atoms with E-state index in [1.54, 1.807) is 12.1 Å². The highest BCUT2D eigenvalue weighted by Crippen LogP contribution is 2.26. The quantitative estimate of drug-likeness (QED) is 0.610. The van der Waals surface area contributed by atoms with E-state index in [9.17, 15) is 5.11 Å². The van der Waals surface area contributed by atoms with Crippen LogP contribution in [0, 0.1) is 0 Å². The Bertz CT molecular complexity index is 522. The molecule has 6 nitrogen and oxygen atoms in total. The molecule has 0 saturated carbocycles. The molecule has 0 saturated heterocycles. The van der Waals surface area contributed by atoms with Gasteiger partial charge in [0, 0.05) is 5.56 Å². The van der Waals surface area contributed by atoms with Gasteiger partial charge in [-0.1, -0.05) is 5.16 Å². The topological polar surface area (TPSA) is 88.4 Å². The summed E-state index contributed by atoms with van der Waals surface area (Å²) in [6.45, 7) is 0.608. The van der Waals surface area contributed by atoms with Gasteiger partial charge in [-0.05, 0) is 32.3 Å². The molecule has 90 valence electrons. The van der Waals surface area contributed by atoms with E-state index >= 15 is 0 Å². The van der Waals surface area contributed by atoms with E-state index in [-0.39, 0.29) is 11.4 Å². The number of hydrogen-bond acceptors (Lipinski definition) is 6. The van der Waals surface area contributed by atoms with E-state index in [0.717, 1.165) is 0 Å². The van der Waals surface area contributed by atoms with Gasteiger partial charge in [0.1, 0.15) is 5.75 Å². The summed E-state index contributed by atoms with van der Waals surface area (Å²) in [6.07, 6.45) is 0. The van der Waals surface area contributed by atoms with Crippen LogP contribution in [-0.4, -0.2) is 34.2 Å². The number of nitrogens with zero attached hydrogens (tertiary/aromatic N) is 3. The fourth-order valence-corrected chi connectivity index (χ4v) is 1.41. The van der Waals surface area contributed by atoms with Gasteiger partial charge in [0.05, 0.1) is 12.2 Å². The number of phenolic OH excluding ortho intramolecular Hbond substituents is 1. The monoisotopic (exact) mass is 234 g/mol. The Hall–Kier alpha value is -2.08. The summed E-state index contributed by atoms with van der Waals surface area (Å²) in [7, 11) is 3.85. The number of benzene rings is 1. The molecule has 3 N–H and O–H groups in total. The van der Waals surface area contributed by atoms with Crippen LogP contribution in [0.1, 0.15) is 5.82 Å². The standard InChI is InChI=1S/C11H14N4O2/c1-15(2)6-10-13-11(17-14-10)7-3-4-9(16)8(12)5-7/h3-5,16H,6,12H2,1-2H3. The number of hydrogen-bond donors (Lipinski definition) is 2. The van der Waals surface area contributed by atoms with Crippen LogP contribution >= 0.6 is 0 Å². The van der Waals surface area contributed by atoms with Crippen LogP contribution in [0.5, 0.6) is 5.75 Å². The van der Waals surface area contributed by atoms with Crippen LogP contribution < -0.4 is 5.73 Å². The third-order valence-electron chi connectivity index (χ3n) is 2.20. The highest BCUT2D eigenvalue weighted by atomic mass is 16.5. The van der Waals surface area contributed by atoms with Crippen LogP contribution in [0.25, 0.3) is 11.5 Å². The molecule has 2 rings (SSSR count). The summed E-state index contributed by atoms with van der Waals surface area (Å²) >= 11 is 0. The summed E-state index contributed by atoms with van der Waals surface area (Å²) in [5, 5.41) is 13.2. The Morgan fingerprint density at radius 3 is 2.82 bits per heavy atom. The van der Waals surface area contributed by atoms with Crippen molar-refractivity contribution in [1.29, 1.82) is 0 Å². The van der Waals surface area contributed by atoms with Crippen molar-refractivity contribution in [3.05, 3.63) is 24.0 Å². The van der Waals surface area contributed by atoms with E-state index in [2.05, 4.69) is 10.1 Å². The van der Waals surface area contributed by atoms with E-state index < -0.39 is 0 Å². The molecule has 0 fully saturated rings. The first kappa shape index (κ1) is 11.4. The first-order valence-electron chi connectivity index (χ1n) is 5.12. The third kappa shape index (κ3) is 2.54. The van der Waals surface area contributed by atoms with Crippen molar-refractivity contribution in [1.82, 2.24) is 15.0 Å². The van der Waals surface area contributed by atoms with Crippen molar-refractivity contribution in [2.24, 2.45) is 0 Å².